The van der Waals surface area contributed by atoms with E-state index in [2.05, 4.69) is 32.9 Å². The molecule has 0 amide bonds. The predicted molar refractivity (Wildman–Crippen MR) is 61.4 cm³/mol. The monoisotopic (exact) mass is 196 g/mol. The standard InChI is InChI=1S/C13H24O/c1-13(2,3)14-11-7-10-12-8-5-4-6-9-12/h7,10,12H,4-6,8-9,11H2,1-3H3/b10-7+. The van der Waals surface area contributed by atoms with Crippen molar-refractivity contribution in [2.45, 2.75) is 58.5 Å². The van der Waals surface area contributed by atoms with Crippen LogP contribution in [0.3, 0.4) is 0 Å². The van der Waals surface area contributed by atoms with E-state index in [0.717, 1.165) is 12.5 Å². The third-order valence-corrected chi connectivity index (χ3v) is 2.67. The van der Waals surface area contributed by atoms with Gasteiger partial charge in [-0.1, -0.05) is 31.4 Å². The van der Waals surface area contributed by atoms with Gasteiger partial charge in [0.25, 0.3) is 0 Å². The van der Waals surface area contributed by atoms with Gasteiger partial charge >= 0.3 is 0 Å². The first-order chi connectivity index (χ1) is 6.58. The van der Waals surface area contributed by atoms with E-state index in [1.165, 1.54) is 32.1 Å². The summed E-state index contributed by atoms with van der Waals surface area (Å²) in [7, 11) is 0. The van der Waals surface area contributed by atoms with Crippen LogP contribution >= 0.6 is 0 Å². The lowest BCUT2D eigenvalue weighted by atomic mass is 9.89. The average molecular weight is 196 g/mol. The molecule has 0 bridgehead atoms. The molecule has 0 heterocycles. The summed E-state index contributed by atoms with van der Waals surface area (Å²) in [4.78, 5) is 0. The highest BCUT2D eigenvalue weighted by Crippen LogP contribution is 2.24. The minimum atomic E-state index is -0.00307. The Kier molecular flexibility index (Phi) is 4.67. The van der Waals surface area contributed by atoms with Crippen molar-refractivity contribution in [3.63, 3.8) is 0 Å². The molecule has 0 aromatic heterocycles. The fourth-order valence-electron chi connectivity index (χ4n) is 1.87. The van der Waals surface area contributed by atoms with Gasteiger partial charge in [-0.05, 0) is 39.5 Å². The summed E-state index contributed by atoms with van der Waals surface area (Å²) in [6, 6.07) is 0. The van der Waals surface area contributed by atoms with E-state index in [9.17, 15) is 0 Å². The summed E-state index contributed by atoms with van der Waals surface area (Å²) >= 11 is 0. The molecule has 0 spiro atoms. The van der Waals surface area contributed by atoms with Gasteiger partial charge in [0.2, 0.25) is 0 Å². The molecule has 0 unspecified atom stereocenters. The van der Waals surface area contributed by atoms with Crippen LogP contribution in [0.2, 0.25) is 0 Å². The fraction of sp³-hybridized carbons (Fsp3) is 0.846. The van der Waals surface area contributed by atoms with Crippen LogP contribution in [0.25, 0.3) is 0 Å². The molecule has 0 N–H and O–H groups in total. The molecule has 1 saturated carbocycles. The van der Waals surface area contributed by atoms with E-state index >= 15 is 0 Å². The molecule has 1 nitrogen and oxygen atoms in total. The highest BCUT2D eigenvalue weighted by molar-refractivity contribution is 4.90. The fourth-order valence-corrected chi connectivity index (χ4v) is 1.87. The van der Waals surface area contributed by atoms with Gasteiger partial charge in [0.05, 0.1) is 12.2 Å². The maximum absolute atomic E-state index is 5.63. The minimum absolute atomic E-state index is 0.00307. The van der Waals surface area contributed by atoms with Crippen molar-refractivity contribution in [1.29, 1.82) is 0 Å². The van der Waals surface area contributed by atoms with Gasteiger partial charge in [-0.3, -0.25) is 0 Å². The van der Waals surface area contributed by atoms with Crippen molar-refractivity contribution >= 4 is 0 Å². The van der Waals surface area contributed by atoms with Crippen LogP contribution in [0.1, 0.15) is 52.9 Å². The predicted octanol–water partition coefficient (Wildman–Crippen LogP) is 3.94. The highest BCUT2D eigenvalue weighted by Gasteiger charge is 2.10. The van der Waals surface area contributed by atoms with Crippen LogP contribution in [0.5, 0.6) is 0 Å². The Morgan fingerprint density at radius 1 is 1.14 bits per heavy atom. The molecular weight excluding hydrogens is 172 g/mol. The maximum atomic E-state index is 5.63. The summed E-state index contributed by atoms with van der Waals surface area (Å²) < 4.78 is 5.63. The summed E-state index contributed by atoms with van der Waals surface area (Å²) in [5.74, 6) is 0.826. The first kappa shape index (κ1) is 11.8. The Morgan fingerprint density at radius 3 is 2.36 bits per heavy atom. The van der Waals surface area contributed by atoms with Gasteiger partial charge in [0.1, 0.15) is 0 Å². The third-order valence-electron chi connectivity index (χ3n) is 2.67. The maximum Gasteiger partial charge on any atom is 0.0654 e. The molecule has 0 aliphatic heterocycles. The Bertz CT molecular complexity index is 170. The van der Waals surface area contributed by atoms with E-state index in [0.29, 0.717) is 0 Å². The van der Waals surface area contributed by atoms with Crippen molar-refractivity contribution in [2.24, 2.45) is 5.92 Å². The molecule has 0 aromatic carbocycles. The van der Waals surface area contributed by atoms with E-state index in [1.54, 1.807) is 0 Å². The van der Waals surface area contributed by atoms with Crippen LogP contribution in [0.4, 0.5) is 0 Å². The lowest BCUT2D eigenvalue weighted by Gasteiger charge is -2.19. The molecule has 1 rings (SSSR count). The molecule has 0 radical (unpaired) electrons. The average Bonchev–Trinajstić information content (AvgIpc) is 2.13. The number of rotatable bonds is 3. The summed E-state index contributed by atoms with van der Waals surface area (Å²) in [5.41, 5.74) is -0.00307. The topological polar surface area (TPSA) is 9.23 Å². The largest absolute Gasteiger partial charge is 0.372 e. The van der Waals surface area contributed by atoms with E-state index in [1.807, 2.05) is 0 Å². The minimum Gasteiger partial charge on any atom is -0.372 e. The molecule has 0 saturated heterocycles. The van der Waals surface area contributed by atoms with Gasteiger partial charge < -0.3 is 4.74 Å². The zero-order valence-electron chi connectivity index (χ0n) is 9.88. The first-order valence-electron chi connectivity index (χ1n) is 5.88. The van der Waals surface area contributed by atoms with Gasteiger partial charge in [-0.2, -0.15) is 0 Å². The number of ether oxygens (including phenoxy) is 1. The van der Waals surface area contributed by atoms with Crippen molar-refractivity contribution in [2.75, 3.05) is 6.61 Å². The second-order valence-electron chi connectivity index (χ2n) is 5.25. The Balaban J connectivity index is 2.13. The normalized spacial score (nSPS) is 20.5. The van der Waals surface area contributed by atoms with Crippen LogP contribution in [0, 0.1) is 5.92 Å². The van der Waals surface area contributed by atoms with Gasteiger partial charge in [0.15, 0.2) is 0 Å². The Labute approximate surface area is 88.5 Å². The number of hydrogen-bond acceptors (Lipinski definition) is 1. The molecule has 1 heteroatoms. The second kappa shape index (κ2) is 5.55. The van der Waals surface area contributed by atoms with E-state index in [4.69, 9.17) is 4.74 Å². The molecule has 0 aromatic rings. The van der Waals surface area contributed by atoms with Crippen LogP contribution < -0.4 is 0 Å². The van der Waals surface area contributed by atoms with Crippen molar-refractivity contribution < 1.29 is 4.74 Å². The smallest absolute Gasteiger partial charge is 0.0654 e. The van der Waals surface area contributed by atoms with Crippen LogP contribution in [-0.4, -0.2) is 12.2 Å². The van der Waals surface area contributed by atoms with Crippen molar-refractivity contribution in [1.82, 2.24) is 0 Å². The highest BCUT2D eigenvalue weighted by atomic mass is 16.5. The van der Waals surface area contributed by atoms with Gasteiger partial charge in [-0.25, -0.2) is 0 Å². The van der Waals surface area contributed by atoms with Crippen molar-refractivity contribution in [3.8, 4) is 0 Å². The Hall–Kier alpha value is -0.300. The summed E-state index contributed by atoms with van der Waals surface area (Å²) in [6.45, 7) is 7.06. The van der Waals surface area contributed by atoms with Crippen molar-refractivity contribution in [3.05, 3.63) is 12.2 Å². The van der Waals surface area contributed by atoms with E-state index in [-0.39, 0.29) is 5.60 Å². The van der Waals surface area contributed by atoms with Crippen LogP contribution in [-0.2, 0) is 4.74 Å². The number of hydrogen-bond donors (Lipinski definition) is 0. The lowest BCUT2D eigenvalue weighted by Crippen LogP contribution is -2.19. The molecule has 14 heavy (non-hydrogen) atoms. The quantitative estimate of drug-likeness (QED) is 0.621. The zero-order valence-corrected chi connectivity index (χ0v) is 9.88. The molecule has 1 fully saturated rings. The molecule has 1 aliphatic rings. The molecule has 1 aliphatic carbocycles. The molecule has 82 valence electrons. The molecule has 0 atom stereocenters. The SMILES string of the molecule is CC(C)(C)OC/C=C/C1CCCCC1. The summed E-state index contributed by atoms with van der Waals surface area (Å²) in [6.07, 6.45) is 11.6. The van der Waals surface area contributed by atoms with Gasteiger partial charge in [0, 0.05) is 0 Å². The third kappa shape index (κ3) is 5.43. The second-order valence-corrected chi connectivity index (χ2v) is 5.25. The van der Waals surface area contributed by atoms with Crippen LogP contribution in [0.15, 0.2) is 12.2 Å². The Morgan fingerprint density at radius 2 is 1.79 bits per heavy atom. The van der Waals surface area contributed by atoms with E-state index < -0.39 is 0 Å². The zero-order chi connectivity index (χ0) is 10.4. The number of allylic oxidation sites excluding steroid dienone is 1. The lowest BCUT2D eigenvalue weighted by molar-refractivity contribution is 0.0148. The molecular formula is C13H24O. The van der Waals surface area contributed by atoms with Gasteiger partial charge in [-0.15, -0.1) is 0 Å². The first-order valence-corrected chi connectivity index (χ1v) is 5.88. The summed E-state index contributed by atoms with van der Waals surface area (Å²) in [5, 5.41) is 0.